The number of carbonyl (C=O) groups is 3. The Morgan fingerprint density at radius 3 is 2.11 bits per heavy atom. The van der Waals surface area contributed by atoms with Crippen molar-refractivity contribution in [3.63, 3.8) is 0 Å². The zero-order chi connectivity index (χ0) is 20.5. The van der Waals surface area contributed by atoms with Crippen LogP contribution >= 0.6 is 11.6 Å². The predicted octanol–water partition coefficient (Wildman–Crippen LogP) is 3.58. The molecular weight excluding hydrogens is 384 g/mol. The second-order valence-electron chi connectivity index (χ2n) is 5.75. The van der Waals surface area contributed by atoms with Crippen LogP contribution in [0.15, 0.2) is 48.5 Å². The molecule has 0 unspecified atom stereocenters. The van der Waals surface area contributed by atoms with Gasteiger partial charge in [-0.2, -0.15) is 0 Å². The average molecular weight is 405 g/mol. The highest BCUT2D eigenvalue weighted by Crippen LogP contribution is 2.21. The van der Waals surface area contributed by atoms with Gasteiger partial charge in [0, 0.05) is 5.02 Å². The maximum atomic E-state index is 12.7. The molecule has 0 bridgehead atoms. The molecule has 0 aliphatic rings. The van der Waals surface area contributed by atoms with Crippen LogP contribution in [0.3, 0.4) is 0 Å². The Hall–Kier alpha value is -2.86. The molecule has 0 fully saturated rings. The van der Waals surface area contributed by atoms with Crippen molar-refractivity contribution in [1.29, 1.82) is 0 Å². The highest BCUT2D eigenvalue weighted by atomic mass is 35.5. The molecule has 2 rings (SSSR count). The molecule has 0 heterocycles. The molecule has 7 heteroatoms. The Labute approximate surface area is 168 Å². The molecule has 2 aromatic carbocycles. The second-order valence-corrected chi connectivity index (χ2v) is 6.19. The Bertz CT molecular complexity index is 816. The van der Waals surface area contributed by atoms with Crippen molar-refractivity contribution < 1.29 is 28.6 Å². The van der Waals surface area contributed by atoms with Crippen LogP contribution in [0.1, 0.15) is 35.3 Å². The fraction of sp³-hybridized carbons (Fsp3) is 0.286. The van der Waals surface area contributed by atoms with Gasteiger partial charge in [0.05, 0.1) is 18.8 Å². The summed E-state index contributed by atoms with van der Waals surface area (Å²) in [6, 6.07) is 14.2. The third kappa shape index (κ3) is 5.82. The van der Waals surface area contributed by atoms with Crippen molar-refractivity contribution in [1.82, 2.24) is 0 Å². The van der Waals surface area contributed by atoms with Crippen molar-refractivity contribution in [2.45, 2.75) is 26.4 Å². The number of hydrogen-bond donors (Lipinski definition) is 0. The van der Waals surface area contributed by atoms with E-state index in [4.69, 9.17) is 25.8 Å². The van der Waals surface area contributed by atoms with Crippen LogP contribution < -0.4 is 0 Å². The minimum atomic E-state index is -1.78. The number of hydrogen-bond acceptors (Lipinski definition) is 6. The van der Waals surface area contributed by atoms with Crippen molar-refractivity contribution in [3.05, 3.63) is 70.2 Å². The van der Waals surface area contributed by atoms with Crippen LogP contribution in [0.2, 0.25) is 5.02 Å². The van der Waals surface area contributed by atoms with Gasteiger partial charge in [-0.25, -0.2) is 14.4 Å². The summed E-state index contributed by atoms with van der Waals surface area (Å²) in [5.41, 5.74) is 1.77. The van der Waals surface area contributed by atoms with Gasteiger partial charge in [0.2, 0.25) is 0 Å². The summed E-state index contributed by atoms with van der Waals surface area (Å²) in [6.07, 6.45) is -1.36. The molecule has 28 heavy (non-hydrogen) atoms. The van der Waals surface area contributed by atoms with E-state index in [0.717, 1.165) is 5.56 Å². The van der Waals surface area contributed by atoms with Crippen molar-refractivity contribution in [2.75, 3.05) is 13.2 Å². The molecule has 0 saturated heterocycles. The molecule has 2 aromatic rings. The number of esters is 3. The lowest BCUT2D eigenvalue weighted by Gasteiger charge is -2.16. The normalized spacial score (nSPS) is 10.4. The Balaban J connectivity index is 2.28. The third-order valence-corrected chi connectivity index (χ3v) is 3.99. The zero-order valence-corrected chi connectivity index (χ0v) is 16.4. The zero-order valence-electron chi connectivity index (χ0n) is 15.6. The van der Waals surface area contributed by atoms with E-state index in [2.05, 4.69) is 0 Å². The molecule has 0 aromatic heterocycles. The SMILES string of the molecule is CCOC(=O)C(OC(=O)c1ccc(Cl)cc1Cc1ccccc1)C(=O)OCC. The molecule has 148 valence electrons. The summed E-state index contributed by atoms with van der Waals surface area (Å²) in [7, 11) is 0. The van der Waals surface area contributed by atoms with Gasteiger partial charge in [-0.05, 0) is 49.6 Å². The molecule has 0 N–H and O–H groups in total. The standard InChI is InChI=1S/C21H21ClO6/c1-3-26-20(24)18(21(25)27-4-2)28-19(23)17-11-10-16(22)13-15(17)12-14-8-6-5-7-9-14/h5-11,13,18H,3-4,12H2,1-2H3. The van der Waals surface area contributed by atoms with Gasteiger partial charge < -0.3 is 14.2 Å². The summed E-state index contributed by atoms with van der Waals surface area (Å²) < 4.78 is 14.8. The maximum Gasteiger partial charge on any atom is 0.359 e. The molecule has 0 saturated carbocycles. The van der Waals surface area contributed by atoms with Crippen LogP contribution in [0, 0.1) is 0 Å². The largest absolute Gasteiger partial charge is 0.463 e. The van der Waals surface area contributed by atoms with E-state index in [9.17, 15) is 14.4 Å². The van der Waals surface area contributed by atoms with Crippen molar-refractivity contribution in [2.24, 2.45) is 0 Å². The summed E-state index contributed by atoms with van der Waals surface area (Å²) in [5.74, 6) is -2.80. The van der Waals surface area contributed by atoms with Crippen molar-refractivity contribution in [3.8, 4) is 0 Å². The minimum absolute atomic E-state index is 0.0342. The number of ether oxygens (including phenoxy) is 3. The summed E-state index contributed by atoms with van der Waals surface area (Å²) in [4.78, 5) is 36.8. The first-order chi connectivity index (χ1) is 13.5. The van der Waals surface area contributed by atoms with Gasteiger partial charge in [0.1, 0.15) is 0 Å². The molecule has 0 aliphatic heterocycles. The monoisotopic (exact) mass is 404 g/mol. The van der Waals surface area contributed by atoms with E-state index in [1.165, 1.54) is 12.1 Å². The van der Waals surface area contributed by atoms with Crippen LogP contribution in [-0.4, -0.2) is 37.2 Å². The van der Waals surface area contributed by atoms with Gasteiger partial charge in [-0.15, -0.1) is 0 Å². The maximum absolute atomic E-state index is 12.7. The minimum Gasteiger partial charge on any atom is -0.463 e. The van der Waals surface area contributed by atoms with Gasteiger partial charge in [-0.3, -0.25) is 0 Å². The molecular formula is C21H21ClO6. The fourth-order valence-corrected chi connectivity index (χ4v) is 2.72. The third-order valence-electron chi connectivity index (χ3n) is 3.75. The predicted molar refractivity (Wildman–Crippen MR) is 103 cm³/mol. The van der Waals surface area contributed by atoms with E-state index in [-0.39, 0.29) is 18.8 Å². The molecule has 0 aliphatic carbocycles. The smallest absolute Gasteiger partial charge is 0.359 e. The van der Waals surface area contributed by atoms with Gasteiger partial charge in [0.15, 0.2) is 0 Å². The van der Waals surface area contributed by atoms with Gasteiger partial charge in [0.25, 0.3) is 6.10 Å². The Morgan fingerprint density at radius 2 is 1.54 bits per heavy atom. The van der Waals surface area contributed by atoms with Crippen LogP contribution in [0.25, 0.3) is 0 Å². The molecule has 0 radical (unpaired) electrons. The molecule has 0 atom stereocenters. The molecule has 0 amide bonds. The van der Waals surface area contributed by atoms with E-state index in [1.807, 2.05) is 30.3 Å². The number of rotatable bonds is 8. The summed E-state index contributed by atoms with van der Waals surface area (Å²) in [6.45, 7) is 3.23. The summed E-state index contributed by atoms with van der Waals surface area (Å²) in [5, 5.41) is 0.454. The quantitative estimate of drug-likeness (QED) is 0.380. The number of carbonyl (C=O) groups excluding carboxylic acids is 3. The van der Waals surface area contributed by atoms with Crippen LogP contribution in [-0.2, 0) is 30.2 Å². The van der Waals surface area contributed by atoms with Gasteiger partial charge >= 0.3 is 17.9 Å². The molecule has 6 nitrogen and oxygen atoms in total. The summed E-state index contributed by atoms with van der Waals surface area (Å²) >= 11 is 6.08. The second kappa shape index (κ2) is 10.5. The van der Waals surface area contributed by atoms with Crippen molar-refractivity contribution >= 4 is 29.5 Å². The Kier molecular flexibility index (Phi) is 8.02. The lowest BCUT2D eigenvalue weighted by atomic mass is 10.00. The average Bonchev–Trinajstić information content (AvgIpc) is 2.67. The van der Waals surface area contributed by atoms with Crippen LogP contribution in [0.4, 0.5) is 0 Å². The van der Waals surface area contributed by atoms with E-state index >= 15 is 0 Å². The van der Waals surface area contributed by atoms with E-state index < -0.39 is 24.0 Å². The highest BCUT2D eigenvalue weighted by Gasteiger charge is 2.34. The van der Waals surface area contributed by atoms with E-state index in [0.29, 0.717) is 17.0 Å². The van der Waals surface area contributed by atoms with Crippen LogP contribution in [0.5, 0.6) is 0 Å². The fourth-order valence-electron chi connectivity index (χ4n) is 2.52. The number of benzene rings is 2. The van der Waals surface area contributed by atoms with E-state index in [1.54, 1.807) is 19.9 Å². The number of halogens is 1. The first kappa shape index (κ1) is 21.4. The lowest BCUT2D eigenvalue weighted by Crippen LogP contribution is -2.38. The lowest BCUT2D eigenvalue weighted by molar-refractivity contribution is -0.168. The molecule has 0 spiro atoms. The van der Waals surface area contributed by atoms with Gasteiger partial charge in [-0.1, -0.05) is 41.9 Å². The highest BCUT2D eigenvalue weighted by molar-refractivity contribution is 6.30. The first-order valence-electron chi connectivity index (χ1n) is 8.82. The first-order valence-corrected chi connectivity index (χ1v) is 9.20. The Morgan fingerprint density at radius 1 is 0.929 bits per heavy atom. The topological polar surface area (TPSA) is 78.9 Å².